The number of carbonyl (C=O) groups excluding carboxylic acids is 1. The highest BCUT2D eigenvalue weighted by molar-refractivity contribution is 14.1. The Hall–Kier alpha value is -1.77. The zero-order chi connectivity index (χ0) is 16.3. The van der Waals surface area contributed by atoms with Crippen LogP contribution in [0.25, 0.3) is 0 Å². The van der Waals surface area contributed by atoms with Crippen molar-refractivity contribution >= 4 is 39.9 Å². The minimum absolute atomic E-state index is 0.0713. The SMILES string of the molecule is Cn1oc(=O)c2c1N=C1CCC(=O)C1C2c1ccc(F)c(I)c1. The number of Topliss-reactive ketones (excluding diaryl/α,β-unsaturated/α-hetero) is 1. The van der Waals surface area contributed by atoms with Gasteiger partial charge < -0.3 is 4.52 Å². The third-order valence-corrected chi connectivity index (χ3v) is 5.34. The van der Waals surface area contributed by atoms with Gasteiger partial charge in [0.2, 0.25) is 0 Å². The third kappa shape index (κ3) is 2.13. The molecule has 0 N–H and O–H groups in total. The maximum atomic E-state index is 13.6. The average molecular weight is 426 g/mol. The molecule has 118 valence electrons. The standard InChI is InChI=1S/C16H12FIN2O3/c1-20-15-14(16(22)23-20)12(7-2-3-8(17)9(18)6-7)13-10(19-15)4-5-11(13)21/h2-3,6,12-13H,4-5H2,1H3. The quantitative estimate of drug-likeness (QED) is 0.659. The van der Waals surface area contributed by atoms with E-state index in [1.165, 1.54) is 10.8 Å². The number of fused-ring (bicyclic) bond motifs is 2. The molecule has 0 saturated heterocycles. The molecule has 1 fully saturated rings. The molecule has 1 saturated carbocycles. The molecule has 0 amide bonds. The van der Waals surface area contributed by atoms with E-state index in [4.69, 9.17) is 4.52 Å². The van der Waals surface area contributed by atoms with Crippen molar-refractivity contribution in [3.05, 3.63) is 49.1 Å². The maximum Gasteiger partial charge on any atom is 0.363 e. The second-order valence-corrected chi connectivity index (χ2v) is 6.97. The fraction of sp³-hybridized carbons (Fsp3) is 0.312. The van der Waals surface area contributed by atoms with E-state index in [0.717, 1.165) is 11.3 Å². The molecule has 2 atom stereocenters. The van der Waals surface area contributed by atoms with Gasteiger partial charge in [0, 0.05) is 28.7 Å². The molecule has 2 aromatic rings. The maximum absolute atomic E-state index is 13.6. The fourth-order valence-corrected chi connectivity index (χ4v) is 4.03. The summed E-state index contributed by atoms with van der Waals surface area (Å²) < 4.78 is 20.5. The van der Waals surface area contributed by atoms with Crippen LogP contribution < -0.4 is 5.63 Å². The van der Waals surface area contributed by atoms with Gasteiger partial charge in [0.15, 0.2) is 5.82 Å². The molecule has 23 heavy (non-hydrogen) atoms. The summed E-state index contributed by atoms with van der Waals surface area (Å²) in [6, 6.07) is 4.68. The lowest BCUT2D eigenvalue weighted by Gasteiger charge is -2.26. The highest BCUT2D eigenvalue weighted by atomic mass is 127. The van der Waals surface area contributed by atoms with Gasteiger partial charge in [-0.2, -0.15) is 4.74 Å². The highest BCUT2D eigenvalue weighted by Crippen LogP contribution is 2.45. The van der Waals surface area contributed by atoms with Gasteiger partial charge in [-0.25, -0.2) is 14.2 Å². The van der Waals surface area contributed by atoms with Crippen LogP contribution in [0.15, 0.2) is 32.5 Å². The first-order chi connectivity index (χ1) is 11.0. The summed E-state index contributed by atoms with van der Waals surface area (Å²) in [4.78, 5) is 29.1. The molecule has 1 aromatic carbocycles. The first-order valence-electron chi connectivity index (χ1n) is 7.22. The van der Waals surface area contributed by atoms with Gasteiger partial charge in [-0.05, 0) is 46.7 Å². The molecule has 1 aromatic heterocycles. The van der Waals surface area contributed by atoms with Crippen molar-refractivity contribution in [3.8, 4) is 0 Å². The minimum atomic E-state index is -0.491. The molecular formula is C16H12FIN2O3. The molecule has 5 nitrogen and oxygen atoms in total. The van der Waals surface area contributed by atoms with E-state index in [-0.39, 0.29) is 11.6 Å². The van der Waals surface area contributed by atoms with E-state index < -0.39 is 17.5 Å². The molecule has 0 bridgehead atoms. The summed E-state index contributed by atoms with van der Waals surface area (Å²) in [7, 11) is 1.62. The van der Waals surface area contributed by atoms with Crippen LogP contribution in [-0.4, -0.2) is 16.2 Å². The van der Waals surface area contributed by atoms with E-state index in [9.17, 15) is 14.0 Å². The second kappa shape index (κ2) is 5.12. The summed E-state index contributed by atoms with van der Waals surface area (Å²) in [5.74, 6) is -0.701. The van der Waals surface area contributed by atoms with Crippen molar-refractivity contribution in [2.45, 2.75) is 18.8 Å². The minimum Gasteiger partial charge on any atom is -0.334 e. The number of halogens is 2. The lowest BCUT2D eigenvalue weighted by atomic mass is 9.78. The Labute approximate surface area is 144 Å². The van der Waals surface area contributed by atoms with Gasteiger partial charge in [0.05, 0.1) is 11.5 Å². The van der Waals surface area contributed by atoms with Crippen LogP contribution in [0.3, 0.4) is 0 Å². The number of aromatic nitrogens is 1. The van der Waals surface area contributed by atoms with Gasteiger partial charge >= 0.3 is 5.63 Å². The molecule has 0 radical (unpaired) electrons. The van der Waals surface area contributed by atoms with E-state index >= 15 is 0 Å². The number of rotatable bonds is 1. The molecule has 0 spiro atoms. The molecule has 2 unspecified atom stereocenters. The number of hydrogen-bond acceptors (Lipinski definition) is 4. The Morgan fingerprint density at radius 3 is 2.83 bits per heavy atom. The molecule has 4 rings (SSSR count). The normalized spacial score (nSPS) is 22.7. The monoisotopic (exact) mass is 426 g/mol. The fourth-order valence-electron chi connectivity index (χ4n) is 3.49. The van der Waals surface area contributed by atoms with Crippen LogP contribution in [0.4, 0.5) is 10.2 Å². The Morgan fingerprint density at radius 2 is 2.09 bits per heavy atom. The highest BCUT2D eigenvalue weighted by Gasteiger charge is 2.45. The average Bonchev–Trinajstić information content (AvgIpc) is 3.02. The molecule has 2 heterocycles. The van der Waals surface area contributed by atoms with Gasteiger partial charge in [0.25, 0.3) is 0 Å². The van der Waals surface area contributed by atoms with E-state index in [1.807, 2.05) is 22.6 Å². The van der Waals surface area contributed by atoms with Crippen LogP contribution in [0.1, 0.15) is 29.9 Å². The molecule has 1 aliphatic carbocycles. The van der Waals surface area contributed by atoms with Crippen molar-refractivity contribution in [1.82, 2.24) is 4.74 Å². The predicted octanol–water partition coefficient (Wildman–Crippen LogP) is 2.92. The Bertz CT molecular complexity index is 928. The van der Waals surface area contributed by atoms with Gasteiger partial charge in [-0.15, -0.1) is 0 Å². The third-order valence-electron chi connectivity index (χ3n) is 4.51. The zero-order valence-electron chi connectivity index (χ0n) is 12.2. The molecule has 1 aliphatic heterocycles. The van der Waals surface area contributed by atoms with Crippen LogP contribution in [-0.2, 0) is 11.8 Å². The van der Waals surface area contributed by atoms with Crippen LogP contribution in [0, 0.1) is 15.3 Å². The molecular weight excluding hydrogens is 414 g/mol. The number of aryl methyl sites for hydroxylation is 1. The number of aliphatic imine (C=N–C) groups is 1. The lowest BCUT2D eigenvalue weighted by molar-refractivity contribution is -0.120. The summed E-state index contributed by atoms with van der Waals surface area (Å²) in [5, 5.41) is 0. The number of ketones is 1. The number of benzene rings is 1. The largest absolute Gasteiger partial charge is 0.363 e. The first kappa shape index (κ1) is 14.8. The van der Waals surface area contributed by atoms with Gasteiger partial charge in [0.1, 0.15) is 11.6 Å². The Kier molecular flexibility index (Phi) is 3.29. The summed E-state index contributed by atoms with van der Waals surface area (Å²) >= 11 is 1.91. The van der Waals surface area contributed by atoms with Gasteiger partial charge in [-0.3, -0.25) is 4.79 Å². The number of nitrogens with zero attached hydrogens (tertiary/aromatic N) is 2. The summed E-state index contributed by atoms with van der Waals surface area (Å²) in [6.45, 7) is 0. The smallest absolute Gasteiger partial charge is 0.334 e. The van der Waals surface area contributed by atoms with E-state index in [0.29, 0.717) is 27.8 Å². The van der Waals surface area contributed by atoms with Gasteiger partial charge in [-0.1, -0.05) is 6.07 Å². The van der Waals surface area contributed by atoms with Crippen LogP contribution in [0.2, 0.25) is 0 Å². The van der Waals surface area contributed by atoms with Crippen molar-refractivity contribution in [1.29, 1.82) is 0 Å². The van der Waals surface area contributed by atoms with E-state index in [1.54, 1.807) is 19.2 Å². The van der Waals surface area contributed by atoms with Crippen molar-refractivity contribution in [3.63, 3.8) is 0 Å². The Balaban J connectivity index is 1.99. The van der Waals surface area contributed by atoms with Crippen LogP contribution in [0.5, 0.6) is 0 Å². The summed E-state index contributed by atoms with van der Waals surface area (Å²) in [6.07, 6.45) is 1.02. The topological polar surface area (TPSA) is 64.6 Å². The lowest BCUT2D eigenvalue weighted by Crippen LogP contribution is -2.29. The number of carbonyl (C=O) groups is 1. The second-order valence-electron chi connectivity index (χ2n) is 5.81. The molecule has 7 heteroatoms. The van der Waals surface area contributed by atoms with Crippen molar-refractivity contribution in [2.75, 3.05) is 0 Å². The van der Waals surface area contributed by atoms with E-state index in [2.05, 4.69) is 4.99 Å². The van der Waals surface area contributed by atoms with Crippen LogP contribution >= 0.6 is 22.6 Å². The zero-order valence-corrected chi connectivity index (χ0v) is 14.3. The van der Waals surface area contributed by atoms with Crippen molar-refractivity contribution in [2.24, 2.45) is 18.0 Å². The van der Waals surface area contributed by atoms with Crippen molar-refractivity contribution < 1.29 is 13.7 Å². The predicted molar refractivity (Wildman–Crippen MR) is 89.7 cm³/mol. The first-order valence-corrected chi connectivity index (χ1v) is 8.30. The number of hydrogen-bond donors (Lipinski definition) is 0. The summed E-state index contributed by atoms with van der Waals surface area (Å²) in [5.41, 5.74) is 1.42. The molecule has 2 aliphatic rings. The Morgan fingerprint density at radius 1 is 1.30 bits per heavy atom.